The summed E-state index contributed by atoms with van der Waals surface area (Å²) >= 11 is 0. The van der Waals surface area contributed by atoms with Crippen molar-refractivity contribution in [3.8, 4) is 0 Å². The molecule has 1 N–H and O–H groups in total. The Morgan fingerprint density at radius 2 is 2.06 bits per heavy atom. The molecule has 1 heterocycles. The standard InChI is InChI=1S/C12H24N4/c1-10(2)14-11-13-7-8-16(11)9-12(3,4)15(5)6/h7-8,10H,9H2,1-6H3,(H,13,14). The van der Waals surface area contributed by atoms with Gasteiger partial charge in [-0.25, -0.2) is 4.98 Å². The molecule has 0 spiro atoms. The number of likely N-dealkylation sites (N-methyl/N-ethyl adjacent to an activating group) is 1. The second-order valence-electron chi connectivity index (χ2n) is 5.38. The summed E-state index contributed by atoms with van der Waals surface area (Å²) in [5, 5.41) is 3.35. The van der Waals surface area contributed by atoms with Gasteiger partial charge in [-0.2, -0.15) is 0 Å². The first-order chi connectivity index (χ1) is 7.33. The van der Waals surface area contributed by atoms with Crippen LogP contribution in [-0.4, -0.2) is 40.1 Å². The lowest BCUT2D eigenvalue weighted by molar-refractivity contribution is 0.170. The fourth-order valence-corrected chi connectivity index (χ4v) is 1.39. The minimum absolute atomic E-state index is 0.119. The number of imidazole rings is 1. The molecule has 0 unspecified atom stereocenters. The summed E-state index contributed by atoms with van der Waals surface area (Å²) in [4.78, 5) is 6.56. The summed E-state index contributed by atoms with van der Waals surface area (Å²) in [5.74, 6) is 0.949. The molecule has 0 radical (unpaired) electrons. The Labute approximate surface area is 98.7 Å². The summed E-state index contributed by atoms with van der Waals surface area (Å²) < 4.78 is 2.17. The first-order valence-electron chi connectivity index (χ1n) is 5.78. The minimum atomic E-state index is 0.119. The maximum absolute atomic E-state index is 4.33. The first kappa shape index (κ1) is 13.0. The molecule has 0 aliphatic rings. The van der Waals surface area contributed by atoms with Crippen LogP contribution in [0.1, 0.15) is 27.7 Å². The van der Waals surface area contributed by atoms with Crippen molar-refractivity contribution < 1.29 is 0 Å². The molecule has 4 heteroatoms. The van der Waals surface area contributed by atoms with Crippen LogP contribution in [-0.2, 0) is 6.54 Å². The molecule has 0 aromatic carbocycles. The predicted molar refractivity (Wildman–Crippen MR) is 68.8 cm³/mol. The zero-order chi connectivity index (χ0) is 12.3. The van der Waals surface area contributed by atoms with Crippen LogP contribution in [0.25, 0.3) is 0 Å². The average molecular weight is 224 g/mol. The summed E-state index contributed by atoms with van der Waals surface area (Å²) in [7, 11) is 4.21. The SMILES string of the molecule is CC(C)Nc1nccn1CC(C)(C)N(C)C. The monoisotopic (exact) mass is 224 g/mol. The van der Waals surface area contributed by atoms with Crippen LogP contribution >= 0.6 is 0 Å². The maximum atomic E-state index is 4.33. The lowest BCUT2D eigenvalue weighted by atomic mass is 10.0. The van der Waals surface area contributed by atoms with E-state index in [-0.39, 0.29) is 5.54 Å². The largest absolute Gasteiger partial charge is 0.353 e. The maximum Gasteiger partial charge on any atom is 0.203 e. The van der Waals surface area contributed by atoms with Gasteiger partial charge in [-0.3, -0.25) is 0 Å². The van der Waals surface area contributed by atoms with Gasteiger partial charge in [0.15, 0.2) is 0 Å². The zero-order valence-electron chi connectivity index (χ0n) is 11.3. The quantitative estimate of drug-likeness (QED) is 0.831. The van der Waals surface area contributed by atoms with E-state index in [1.54, 1.807) is 0 Å². The number of hydrogen-bond donors (Lipinski definition) is 1. The molecule has 0 aliphatic carbocycles. The molecule has 0 bridgehead atoms. The van der Waals surface area contributed by atoms with Gasteiger partial charge in [0.1, 0.15) is 0 Å². The van der Waals surface area contributed by atoms with E-state index in [0.29, 0.717) is 6.04 Å². The molecule has 16 heavy (non-hydrogen) atoms. The number of rotatable bonds is 5. The molecule has 0 amide bonds. The van der Waals surface area contributed by atoms with Gasteiger partial charge in [0.25, 0.3) is 0 Å². The van der Waals surface area contributed by atoms with E-state index in [9.17, 15) is 0 Å². The molecule has 92 valence electrons. The van der Waals surface area contributed by atoms with Gasteiger partial charge in [0.05, 0.1) is 0 Å². The van der Waals surface area contributed by atoms with Crippen molar-refractivity contribution in [2.45, 2.75) is 45.8 Å². The lowest BCUT2D eigenvalue weighted by Crippen LogP contribution is -2.42. The van der Waals surface area contributed by atoms with E-state index in [4.69, 9.17) is 0 Å². The summed E-state index contributed by atoms with van der Waals surface area (Å²) in [6.07, 6.45) is 3.87. The summed E-state index contributed by atoms with van der Waals surface area (Å²) in [5.41, 5.74) is 0.119. The molecule has 0 saturated carbocycles. The molecule has 1 rings (SSSR count). The Bertz CT molecular complexity index is 326. The van der Waals surface area contributed by atoms with Crippen molar-refractivity contribution in [2.24, 2.45) is 0 Å². The summed E-state index contributed by atoms with van der Waals surface area (Å²) in [6.45, 7) is 9.62. The smallest absolute Gasteiger partial charge is 0.203 e. The molecule has 0 atom stereocenters. The normalized spacial score (nSPS) is 12.5. The molecule has 4 nitrogen and oxygen atoms in total. The molecular formula is C12H24N4. The number of nitrogens with zero attached hydrogens (tertiary/aromatic N) is 3. The van der Waals surface area contributed by atoms with Crippen LogP contribution in [0.3, 0.4) is 0 Å². The molecule has 1 aromatic rings. The zero-order valence-corrected chi connectivity index (χ0v) is 11.3. The Kier molecular flexibility index (Phi) is 3.97. The minimum Gasteiger partial charge on any atom is -0.353 e. The fraction of sp³-hybridized carbons (Fsp3) is 0.750. The van der Waals surface area contributed by atoms with Gasteiger partial charge in [-0.05, 0) is 41.8 Å². The highest BCUT2D eigenvalue weighted by Crippen LogP contribution is 2.16. The van der Waals surface area contributed by atoms with Crippen molar-refractivity contribution >= 4 is 5.95 Å². The van der Waals surface area contributed by atoms with Crippen LogP contribution in [0.15, 0.2) is 12.4 Å². The summed E-state index contributed by atoms with van der Waals surface area (Å²) in [6, 6.07) is 0.406. The van der Waals surface area contributed by atoms with Gasteiger partial charge in [-0.15, -0.1) is 0 Å². The Hall–Kier alpha value is -1.03. The Morgan fingerprint density at radius 3 is 2.56 bits per heavy atom. The topological polar surface area (TPSA) is 33.1 Å². The van der Waals surface area contributed by atoms with Gasteiger partial charge < -0.3 is 14.8 Å². The van der Waals surface area contributed by atoms with Crippen molar-refractivity contribution in [2.75, 3.05) is 19.4 Å². The third kappa shape index (κ3) is 3.23. The van der Waals surface area contributed by atoms with E-state index in [1.165, 1.54) is 0 Å². The second-order valence-corrected chi connectivity index (χ2v) is 5.38. The Balaban J connectivity index is 2.77. The predicted octanol–water partition coefficient (Wildman–Crippen LogP) is 2.04. The second kappa shape index (κ2) is 4.87. The molecule has 0 aliphatic heterocycles. The van der Waals surface area contributed by atoms with Gasteiger partial charge in [0.2, 0.25) is 5.95 Å². The van der Waals surface area contributed by atoms with E-state index in [2.05, 4.69) is 61.6 Å². The number of hydrogen-bond acceptors (Lipinski definition) is 3. The third-order valence-corrected chi connectivity index (χ3v) is 2.90. The van der Waals surface area contributed by atoms with Crippen molar-refractivity contribution in [3.05, 3.63) is 12.4 Å². The average Bonchev–Trinajstić information content (AvgIpc) is 2.50. The van der Waals surface area contributed by atoms with Crippen molar-refractivity contribution in [3.63, 3.8) is 0 Å². The van der Waals surface area contributed by atoms with E-state index >= 15 is 0 Å². The van der Waals surface area contributed by atoms with Crippen LogP contribution in [0, 0.1) is 0 Å². The number of aromatic nitrogens is 2. The van der Waals surface area contributed by atoms with Crippen LogP contribution in [0.2, 0.25) is 0 Å². The van der Waals surface area contributed by atoms with Crippen molar-refractivity contribution in [1.82, 2.24) is 14.5 Å². The molecular weight excluding hydrogens is 200 g/mol. The van der Waals surface area contributed by atoms with Gasteiger partial charge in [-0.1, -0.05) is 0 Å². The molecule has 0 fully saturated rings. The highest BCUT2D eigenvalue weighted by molar-refractivity contribution is 5.27. The lowest BCUT2D eigenvalue weighted by Gasteiger charge is -2.33. The third-order valence-electron chi connectivity index (χ3n) is 2.90. The fourth-order valence-electron chi connectivity index (χ4n) is 1.39. The van der Waals surface area contributed by atoms with E-state index < -0.39 is 0 Å². The van der Waals surface area contributed by atoms with Crippen LogP contribution in [0.4, 0.5) is 5.95 Å². The highest BCUT2D eigenvalue weighted by Gasteiger charge is 2.22. The van der Waals surface area contributed by atoms with Crippen LogP contribution in [0.5, 0.6) is 0 Å². The van der Waals surface area contributed by atoms with Crippen LogP contribution < -0.4 is 5.32 Å². The first-order valence-corrected chi connectivity index (χ1v) is 5.78. The van der Waals surface area contributed by atoms with Crippen molar-refractivity contribution in [1.29, 1.82) is 0 Å². The molecule has 1 aromatic heterocycles. The van der Waals surface area contributed by atoms with E-state index in [1.807, 2.05) is 12.4 Å². The van der Waals surface area contributed by atoms with E-state index in [0.717, 1.165) is 12.5 Å². The highest BCUT2D eigenvalue weighted by atomic mass is 15.2. The Morgan fingerprint density at radius 1 is 1.44 bits per heavy atom. The number of nitrogens with one attached hydrogen (secondary N) is 1. The molecule has 0 saturated heterocycles. The number of anilines is 1. The van der Waals surface area contributed by atoms with Gasteiger partial charge in [0, 0.05) is 30.5 Å². The van der Waals surface area contributed by atoms with Gasteiger partial charge >= 0.3 is 0 Å².